The van der Waals surface area contributed by atoms with Crippen LogP contribution in [-0.2, 0) is 4.79 Å². The Balaban J connectivity index is 1.64. The zero-order valence-corrected chi connectivity index (χ0v) is 15.6. The van der Waals surface area contributed by atoms with Crippen molar-refractivity contribution in [3.05, 3.63) is 65.0 Å². The molecule has 7 heteroatoms. The molecule has 0 aromatic heterocycles. The van der Waals surface area contributed by atoms with E-state index in [1.54, 1.807) is 30.3 Å². The van der Waals surface area contributed by atoms with Gasteiger partial charge in [0.2, 0.25) is 11.6 Å². The molecule has 0 radical (unpaired) electrons. The van der Waals surface area contributed by atoms with Crippen LogP contribution in [0, 0.1) is 5.82 Å². The zero-order valence-electron chi connectivity index (χ0n) is 15.6. The normalized spacial score (nSPS) is 13.4. The highest BCUT2D eigenvalue weighted by molar-refractivity contribution is 6.13. The van der Waals surface area contributed by atoms with Crippen LogP contribution in [0.5, 0.6) is 0 Å². The van der Waals surface area contributed by atoms with E-state index in [4.69, 9.17) is 11.1 Å². The SMILES string of the molecule is Nc1ccc(C(=O)NCCC(=O)N2CCCC2)cc1C(=[NH2+])c1ccc(F)cc1. The molecule has 0 saturated carbocycles. The van der Waals surface area contributed by atoms with E-state index in [2.05, 4.69) is 5.32 Å². The fraction of sp³-hybridized carbons (Fsp3) is 0.286. The highest BCUT2D eigenvalue weighted by Crippen LogP contribution is 2.18. The number of rotatable bonds is 6. The predicted molar refractivity (Wildman–Crippen MR) is 105 cm³/mol. The monoisotopic (exact) mass is 383 g/mol. The Kier molecular flexibility index (Phi) is 6.03. The summed E-state index contributed by atoms with van der Waals surface area (Å²) in [5.41, 5.74) is 8.30. The maximum Gasteiger partial charge on any atom is 0.251 e. The molecule has 2 aromatic carbocycles. The van der Waals surface area contributed by atoms with Crippen molar-refractivity contribution in [2.45, 2.75) is 19.3 Å². The molecule has 0 aliphatic carbocycles. The van der Waals surface area contributed by atoms with Gasteiger partial charge in [0.05, 0.1) is 5.56 Å². The molecule has 28 heavy (non-hydrogen) atoms. The summed E-state index contributed by atoms with van der Waals surface area (Å²) in [6.07, 6.45) is 2.36. The topological polar surface area (TPSA) is 101 Å². The van der Waals surface area contributed by atoms with E-state index in [0.717, 1.165) is 25.9 Å². The molecule has 1 aliphatic rings. The van der Waals surface area contributed by atoms with Crippen LogP contribution in [-0.4, -0.2) is 42.1 Å². The largest absolute Gasteiger partial charge is 0.398 e. The fourth-order valence-electron chi connectivity index (χ4n) is 3.23. The van der Waals surface area contributed by atoms with Gasteiger partial charge < -0.3 is 16.0 Å². The second-order valence-electron chi connectivity index (χ2n) is 6.82. The Morgan fingerprint density at radius 2 is 1.71 bits per heavy atom. The number of carbonyl (C=O) groups is 2. The first-order valence-electron chi connectivity index (χ1n) is 9.30. The summed E-state index contributed by atoms with van der Waals surface area (Å²) in [5.74, 6) is -0.604. The average Bonchev–Trinajstić information content (AvgIpc) is 3.23. The minimum Gasteiger partial charge on any atom is -0.398 e. The predicted octanol–water partition coefficient (Wildman–Crippen LogP) is 0.747. The molecule has 3 rings (SSSR count). The minimum atomic E-state index is -0.360. The second kappa shape index (κ2) is 8.65. The Morgan fingerprint density at radius 3 is 2.39 bits per heavy atom. The smallest absolute Gasteiger partial charge is 0.251 e. The van der Waals surface area contributed by atoms with Crippen molar-refractivity contribution in [2.24, 2.45) is 0 Å². The molecule has 146 valence electrons. The van der Waals surface area contributed by atoms with Crippen LogP contribution in [0.2, 0.25) is 0 Å². The molecule has 6 nitrogen and oxygen atoms in total. The molecule has 2 aromatic rings. The number of anilines is 1. The van der Waals surface area contributed by atoms with E-state index >= 15 is 0 Å². The third-order valence-electron chi connectivity index (χ3n) is 4.84. The first-order chi connectivity index (χ1) is 13.5. The highest BCUT2D eigenvalue weighted by Gasteiger charge is 2.19. The molecule has 1 saturated heterocycles. The van der Waals surface area contributed by atoms with Crippen molar-refractivity contribution in [1.82, 2.24) is 10.2 Å². The van der Waals surface area contributed by atoms with Crippen molar-refractivity contribution in [3.63, 3.8) is 0 Å². The second-order valence-corrected chi connectivity index (χ2v) is 6.82. The number of hydrogen-bond acceptors (Lipinski definition) is 3. The number of halogens is 1. The van der Waals surface area contributed by atoms with Crippen LogP contribution < -0.4 is 16.5 Å². The Morgan fingerprint density at radius 1 is 1.07 bits per heavy atom. The van der Waals surface area contributed by atoms with Crippen LogP contribution in [0.15, 0.2) is 42.5 Å². The molecule has 0 bridgehead atoms. The molecule has 0 spiro atoms. The molecule has 0 unspecified atom stereocenters. The lowest BCUT2D eigenvalue weighted by Crippen LogP contribution is -2.41. The Bertz CT molecular complexity index is 890. The number of benzene rings is 2. The van der Waals surface area contributed by atoms with Crippen LogP contribution in [0.3, 0.4) is 0 Å². The van der Waals surface area contributed by atoms with Crippen LogP contribution in [0.4, 0.5) is 10.1 Å². The van der Waals surface area contributed by atoms with E-state index in [1.165, 1.54) is 12.1 Å². The van der Waals surface area contributed by atoms with Gasteiger partial charge in [0.1, 0.15) is 5.82 Å². The number of likely N-dealkylation sites (tertiary alicyclic amines) is 1. The lowest BCUT2D eigenvalue weighted by Gasteiger charge is -2.15. The summed E-state index contributed by atoms with van der Waals surface area (Å²) < 4.78 is 13.1. The molecule has 0 atom stereocenters. The maximum absolute atomic E-state index is 13.1. The Labute approximate surface area is 163 Å². The van der Waals surface area contributed by atoms with Gasteiger partial charge in [-0.2, -0.15) is 0 Å². The lowest BCUT2D eigenvalue weighted by atomic mass is 9.98. The summed E-state index contributed by atoms with van der Waals surface area (Å²) in [4.78, 5) is 26.3. The van der Waals surface area contributed by atoms with Crippen molar-refractivity contribution < 1.29 is 19.4 Å². The van der Waals surface area contributed by atoms with E-state index in [1.807, 2.05) is 4.90 Å². The van der Waals surface area contributed by atoms with Crippen LogP contribution >= 0.6 is 0 Å². The van der Waals surface area contributed by atoms with Crippen molar-refractivity contribution in [3.8, 4) is 0 Å². The number of nitrogens with one attached hydrogen (secondary N) is 1. The minimum absolute atomic E-state index is 0.0599. The van der Waals surface area contributed by atoms with E-state index < -0.39 is 0 Å². The summed E-state index contributed by atoms with van der Waals surface area (Å²) in [7, 11) is 0. The first-order valence-corrected chi connectivity index (χ1v) is 9.30. The third kappa shape index (κ3) is 4.54. The van der Waals surface area contributed by atoms with Gasteiger partial charge >= 0.3 is 0 Å². The molecule has 5 N–H and O–H groups in total. The molecular formula is C21H24FN4O2+. The van der Waals surface area contributed by atoms with Gasteiger partial charge in [-0.1, -0.05) is 0 Å². The quantitative estimate of drug-likeness (QED) is 0.507. The number of nitrogens with zero attached hydrogens (tertiary/aromatic N) is 1. The van der Waals surface area contributed by atoms with Crippen LogP contribution in [0.25, 0.3) is 0 Å². The van der Waals surface area contributed by atoms with E-state index in [-0.39, 0.29) is 30.6 Å². The number of nitrogens with two attached hydrogens (primary N) is 2. The molecular weight excluding hydrogens is 359 g/mol. The van der Waals surface area contributed by atoms with Crippen LogP contribution in [0.1, 0.15) is 40.7 Å². The van der Waals surface area contributed by atoms with Gasteiger partial charge in [0, 0.05) is 42.9 Å². The molecule has 1 aliphatic heterocycles. The van der Waals surface area contributed by atoms with Gasteiger partial charge in [0.25, 0.3) is 5.91 Å². The molecule has 1 fully saturated rings. The van der Waals surface area contributed by atoms with Gasteiger partial charge in [-0.3, -0.25) is 15.0 Å². The average molecular weight is 383 g/mol. The van der Waals surface area contributed by atoms with Gasteiger partial charge in [-0.05, 0) is 55.3 Å². The molecule has 2 amide bonds. The maximum atomic E-state index is 13.1. The highest BCUT2D eigenvalue weighted by atomic mass is 19.1. The third-order valence-corrected chi connectivity index (χ3v) is 4.84. The fourth-order valence-corrected chi connectivity index (χ4v) is 3.23. The number of carbonyl (C=O) groups excluding carboxylic acids is 2. The van der Waals surface area contributed by atoms with Gasteiger partial charge in [-0.15, -0.1) is 0 Å². The molecule has 1 heterocycles. The number of amides is 2. The van der Waals surface area contributed by atoms with Crippen molar-refractivity contribution in [2.75, 3.05) is 25.4 Å². The standard InChI is InChI=1S/C21H23FN4O2/c22-16-6-3-14(4-7-16)20(24)17-13-15(5-8-18(17)23)21(28)25-10-9-19(27)26-11-1-2-12-26/h3-8,13,24H,1-2,9-12,23H2,(H,25,28)/p+1. The summed E-state index contributed by atoms with van der Waals surface area (Å²) in [5, 5.41) is 8.94. The van der Waals surface area contributed by atoms with E-state index in [0.29, 0.717) is 28.1 Å². The van der Waals surface area contributed by atoms with Gasteiger partial charge in [-0.25, -0.2) is 4.39 Å². The Hall–Kier alpha value is -3.22. The van der Waals surface area contributed by atoms with Crippen molar-refractivity contribution >= 4 is 23.2 Å². The summed E-state index contributed by atoms with van der Waals surface area (Å²) >= 11 is 0. The zero-order chi connectivity index (χ0) is 20.1. The van der Waals surface area contributed by atoms with Crippen molar-refractivity contribution in [1.29, 1.82) is 0 Å². The first kappa shape index (κ1) is 19.5. The van der Waals surface area contributed by atoms with Gasteiger partial charge in [0.15, 0.2) is 0 Å². The van der Waals surface area contributed by atoms with E-state index in [9.17, 15) is 14.0 Å². The summed E-state index contributed by atoms with van der Waals surface area (Å²) in [6.45, 7) is 1.87. The number of hydrogen-bond donors (Lipinski definition) is 3. The summed E-state index contributed by atoms with van der Waals surface area (Å²) in [6, 6.07) is 10.6. The lowest BCUT2D eigenvalue weighted by molar-refractivity contribution is -0.129. The number of nitrogen functional groups attached to an aromatic ring is 1.